The molecule has 3 aromatic carbocycles. The zero-order chi connectivity index (χ0) is 25.3. The molecule has 0 amide bonds. The number of aliphatic imine (C=N–C) groups is 2. The van der Waals surface area contributed by atoms with E-state index < -0.39 is 29.7 Å². The zero-order valence-corrected chi connectivity index (χ0v) is 18.3. The predicted octanol–water partition coefficient (Wildman–Crippen LogP) is 6.23. The maximum atomic E-state index is 14.1. The van der Waals surface area contributed by atoms with E-state index in [9.17, 15) is 26.3 Å². The zero-order valence-electron chi connectivity index (χ0n) is 18.3. The number of methoxy groups -OCH3 is 1. The standard InChI is InChI=1S/C25H19F6N3O/c1-35-20-14-12-17(13-15-20)16-34-21(18-8-4-2-5-9-18)32-23(24(26,27)28,25(29,30)31)33-22(34)19-10-6-3-7-11-19/h2-15H,16H2,1H3. The highest BCUT2D eigenvalue weighted by atomic mass is 19.4. The SMILES string of the molecule is COc1ccc(CN2C(c3ccccc3)=NC(C(F)(F)F)(C(F)(F)F)N=C2c2ccccc2)cc1. The summed E-state index contributed by atoms with van der Waals surface area (Å²) in [4.78, 5) is 7.85. The molecule has 0 N–H and O–H groups in total. The molecular formula is C25H19F6N3O. The molecule has 0 fully saturated rings. The largest absolute Gasteiger partial charge is 0.497 e. The number of alkyl halides is 6. The van der Waals surface area contributed by atoms with Gasteiger partial charge in [-0.15, -0.1) is 0 Å². The van der Waals surface area contributed by atoms with Gasteiger partial charge in [0.15, 0.2) is 0 Å². The van der Waals surface area contributed by atoms with Gasteiger partial charge in [-0.3, -0.25) is 0 Å². The number of rotatable bonds is 5. The Morgan fingerprint density at radius 1 is 0.686 bits per heavy atom. The van der Waals surface area contributed by atoms with Crippen LogP contribution in [0.5, 0.6) is 5.75 Å². The molecule has 1 heterocycles. The third-order valence-corrected chi connectivity index (χ3v) is 5.40. The van der Waals surface area contributed by atoms with E-state index in [0.29, 0.717) is 11.3 Å². The third kappa shape index (κ3) is 4.60. The van der Waals surface area contributed by atoms with Crippen LogP contribution in [0.25, 0.3) is 0 Å². The molecule has 4 nitrogen and oxygen atoms in total. The monoisotopic (exact) mass is 491 g/mol. The van der Waals surface area contributed by atoms with Gasteiger partial charge in [-0.2, -0.15) is 26.3 Å². The molecular weight excluding hydrogens is 472 g/mol. The maximum Gasteiger partial charge on any atom is 0.443 e. The van der Waals surface area contributed by atoms with Crippen molar-refractivity contribution in [2.45, 2.75) is 24.6 Å². The van der Waals surface area contributed by atoms with Crippen molar-refractivity contribution in [2.24, 2.45) is 9.98 Å². The second-order valence-corrected chi connectivity index (χ2v) is 7.70. The summed E-state index contributed by atoms with van der Waals surface area (Å²) in [6.45, 7) is -0.0861. The first-order chi connectivity index (χ1) is 16.6. The van der Waals surface area contributed by atoms with E-state index in [1.807, 2.05) is 0 Å². The van der Waals surface area contributed by atoms with Crippen LogP contribution in [0.3, 0.4) is 0 Å². The van der Waals surface area contributed by atoms with Gasteiger partial charge in [0.05, 0.1) is 13.7 Å². The van der Waals surface area contributed by atoms with Crippen molar-refractivity contribution >= 4 is 11.7 Å². The molecule has 0 spiro atoms. The Hall–Kier alpha value is -3.82. The number of hydrogen-bond donors (Lipinski definition) is 0. The summed E-state index contributed by atoms with van der Waals surface area (Å²) in [5, 5.41) is 0. The van der Waals surface area contributed by atoms with Gasteiger partial charge in [-0.05, 0) is 17.7 Å². The predicted molar refractivity (Wildman–Crippen MR) is 119 cm³/mol. The molecule has 3 aromatic rings. The number of ether oxygens (including phenoxy) is 1. The minimum Gasteiger partial charge on any atom is -0.497 e. The van der Waals surface area contributed by atoms with Crippen molar-refractivity contribution in [1.29, 1.82) is 0 Å². The summed E-state index contributed by atoms with van der Waals surface area (Å²) < 4.78 is 90.0. The molecule has 1 aliphatic rings. The first-order valence-electron chi connectivity index (χ1n) is 10.4. The summed E-state index contributed by atoms with van der Waals surface area (Å²) in [5.74, 6) is -0.440. The van der Waals surface area contributed by atoms with Crippen LogP contribution in [0.4, 0.5) is 26.3 Å². The van der Waals surface area contributed by atoms with Crippen LogP contribution in [-0.2, 0) is 6.54 Å². The quantitative estimate of drug-likeness (QED) is 0.397. The van der Waals surface area contributed by atoms with E-state index in [4.69, 9.17) is 4.74 Å². The second kappa shape index (κ2) is 9.09. The van der Waals surface area contributed by atoms with Crippen molar-refractivity contribution in [3.63, 3.8) is 0 Å². The minimum absolute atomic E-state index is 0.0854. The summed E-state index contributed by atoms with van der Waals surface area (Å²) in [6, 6.07) is 21.5. The Bertz CT molecular complexity index is 1150. The molecule has 1 aliphatic heterocycles. The number of amidine groups is 2. The molecule has 0 aromatic heterocycles. The van der Waals surface area contributed by atoms with E-state index in [0.717, 1.165) is 0 Å². The Morgan fingerprint density at radius 2 is 1.11 bits per heavy atom. The van der Waals surface area contributed by atoms with Gasteiger partial charge in [0.25, 0.3) is 0 Å². The van der Waals surface area contributed by atoms with Crippen LogP contribution in [0.1, 0.15) is 16.7 Å². The summed E-state index contributed by atoms with van der Waals surface area (Å²) in [5.41, 5.74) is -3.89. The molecule has 0 atom stereocenters. The van der Waals surface area contributed by atoms with Gasteiger partial charge in [0, 0.05) is 11.1 Å². The first-order valence-corrected chi connectivity index (χ1v) is 10.4. The van der Waals surface area contributed by atoms with Crippen molar-refractivity contribution in [1.82, 2.24) is 4.90 Å². The highest BCUT2D eigenvalue weighted by Crippen LogP contribution is 2.49. The fourth-order valence-corrected chi connectivity index (χ4v) is 3.65. The van der Waals surface area contributed by atoms with Crippen LogP contribution in [0.15, 0.2) is 94.9 Å². The fourth-order valence-electron chi connectivity index (χ4n) is 3.65. The summed E-state index contributed by atoms with van der Waals surface area (Å²) in [7, 11) is 1.48. The molecule has 182 valence electrons. The van der Waals surface area contributed by atoms with Gasteiger partial charge < -0.3 is 9.64 Å². The van der Waals surface area contributed by atoms with Gasteiger partial charge >= 0.3 is 18.0 Å². The number of halogens is 6. The lowest BCUT2D eigenvalue weighted by Gasteiger charge is -2.39. The van der Waals surface area contributed by atoms with Gasteiger partial charge in [-0.25, -0.2) is 9.98 Å². The molecule has 0 radical (unpaired) electrons. The fraction of sp³-hybridized carbons (Fsp3) is 0.200. The van der Waals surface area contributed by atoms with Crippen LogP contribution in [-0.4, -0.2) is 41.7 Å². The van der Waals surface area contributed by atoms with Crippen molar-refractivity contribution < 1.29 is 31.1 Å². The normalized spacial score (nSPS) is 15.9. The molecule has 0 saturated carbocycles. The van der Waals surface area contributed by atoms with Crippen molar-refractivity contribution in [3.8, 4) is 5.75 Å². The van der Waals surface area contributed by atoms with E-state index >= 15 is 0 Å². The van der Waals surface area contributed by atoms with Crippen LogP contribution in [0.2, 0.25) is 0 Å². The minimum atomic E-state index is -5.84. The lowest BCUT2D eigenvalue weighted by Crippen LogP contribution is -2.59. The maximum absolute atomic E-state index is 14.1. The lowest BCUT2D eigenvalue weighted by atomic mass is 10.0. The molecule has 0 saturated heterocycles. The van der Waals surface area contributed by atoms with Crippen LogP contribution in [0, 0.1) is 0 Å². The Kier molecular flexibility index (Phi) is 6.31. The molecule has 0 bridgehead atoms. The first kappa shape index (κ1) is 24.3. The Balaban J connectivity index is 1.98. The Morgan fingerprint density at radius 3 is 1.49 bits per heavy atom. The molecule has 10 heteroatoms. The summed E-state index contributed by atoms with van der Waals surface area (Å²) in [6.07, 6.45) is -11.7. The highest BCUT2D eigenvalue weighted by Gasteiger charge is 2.74. The second-order valence-electron chi connectivity index (χ2n) is 7.70. The lowest BCUT2D eigenvalue weighted by molar-refractivity contribution is -0.293. The van der Waals surface area contributed by atoms with Gasteiger partial charge in [0.2, 0.25) is 0 Å². The molecule has 0 aliphatic carbocycles. The molecule has 0 unspecified atom stereocenters. The van der Waals surface area contributed by atoms with E-state index in [2.05, 4.69) is 9.98 Å². The van der Waals surface area contributed by atoms with Gasteiger partial charge in [0.1, 0.15) is 17.4 Å². The number of nitrogens with zero attached hydrogens (tertiary/aromatic N) is 3. The van der Waals surface area contributed by atoms with E-state index in [-0.39, 0.29) is 17.7 Å². The summed E-state index contributed by atoms with van der Waals surface area (Å²) >= 11 is 0. The average Bonchev–Trinajstić information content (AvgIpc) is 2.84. The van der Waals surface area contributed by atoms with Crippen LogP contribution >= 0.6 is 0 Å². The van der Waals surface area contributed by atoms with Gasteiger partial charge in [-0.1, -0.05) is 72.8 Å². The average molecular weight is 491 g/mol. The highest BCUT2D eigenvalue weighted by molar-refractivity contribution is 6.16. The number of hydrogen-bond acceptors (Lipinski definition) is 4. The smallest absolute Gasteiger partial charge is 0.443 e. The number of benzene rings is 3. The molecule has 4 rings (SSSR count). The Labute approximate surface area is 197 Å². The van der Waals surface area contributed by atoms with Crippen LogP contribution < -0.4 is 4.74 Å². The molecule has 35 heavy (non-hydrogen) atoms. The van der Waals surface area contributed by atoms with E-state index in [1.54, 1.807) is 36.4 Å². The topological polar surface area (TPSA) is 37.2 Å². The van der Waals surface area contributed by atoms with Crippen molar-refractivity contribution in [2.75, 3.05) is 7.11 Å². The third-order valence-electron chi connectivity index (χ3n) is 5.40. The van der Waals surface area contributed by atoms with Crippen molar-refractivity contribution in [3.05, 3.63) is 102 Å². The van der Waals surface area contributed by atoms with E-state index in [1.165, 1.54) is 60.5 Å².